The Labute approximate surface area is 133 Å². The van der Waals surface area contributed by atoms with Crippen LogP contribution in [0.3, 0.4) is 0 Å². The first kappa shape index (κ1) is 15.2. The van der Waals surface area contributed by atoms with Crippen molar-refractivity contribution in [2.45, 2.75) is 25.8 Å². The Balaban J connectivity index is 1.62. The number of amides is 1. The van der Waals surface area contributed by atoms with Gasteiger partial charge in [0.2, 0.25) is 0 Å². The van der Waals surface area contributed by atoms with E-state index in [9.17, 15) is 9.18 Å². The van der Waals surface area contributed by atoms with Crippen LogP contribution < -0.4 is 10.2 Å². The predicted molar refractivity (Wildman–Crippen MR) is 86.8 cm³/mol. The van der Waals surface area contributed by atoms with Gasteiger partial charge in [0, 0.05) is 18.5 Å². The third-order valence-corrected chi connectivity index (χ3v) is 5.20. The van der Waals surface area contributed by atoms with E-state index in [4.69, 9.17) is 0 Å². The molecule has 22 heavy (non-hydrogen) atoms. The third kappa shape index (κ3) is 3.36. The first-order valence-electron chi connectivity index (χ1n) is 7.57. The lowest BCUT2D eigenvalue weighted by Crippen LogP contribution is -3.11. The highest BCUT2D eigenvalue weighted by molar-refractivity contribution is 7.10. The number of likely N-dealkylation sites (tertiary alicyclic amines) is 1. The fraction of sp³-hybridized carbons (Fsp3) is 0.353. The molecule has 0 bridgehead atoms. The average Bonchev–Trinajstić information content (AvgIpc) is 3.13. The van der Waals surface area contributed by atoms with E-state index in [0.717, 1.165) is 19.4 Å². The Morgan fingerprint density at radius 2 is 2.32 bits per heavy atom. The lowest BCUT2D eigenvalue weighted by molar-refractivity contribution is -0.910. The molecule has 0 spiro atoms. The molecule has 1 aromatic carbocycles. The van der Waals surface area contributed by atoms with Crippen molar-refractivity contribution in [2.24, 2.45) is 0 Å². The summed E-state index contributed by atoms with van der Waals surface area (Å²) < 4.78 is 13.5. The topological polar surface area (TPSA) is 33.5 Å². The van der Waals surface area contributed by atoms with E-state index in [2.05, 4.69) is 22.8 Å². The van der Waals surface area contributed by atoms with Crippen LogP contribution in [0.25, 0.3) is 0 Å². The van der Waals surface area contributed by atoms with Gasteiger partial charge in [-0.3, -0.25) is 4.79 Å². The molecule has 116 valence electrons. The van der Waals surface area contributed by atoms with Crippen LogP contribution in [0.1, 0.15) is 29.3 Å². The van der Waals surface area contributed by atoms with Crippen molar-refractivity contribution in [3.63, 3.8) is 0 Å². The number of rotatable bonds is 4. The number of thiophene rings is 1. The second kappa shape index (κ2) is 6.58. The standard InChI is InChI=1S/C17H19FN2OS/c1-12-6-7-13(10-14(12)18)19-17(21)11-20-8-2-4-15(20)16-5-3-9-22-16/h3,5-7,9-10,15H,2,4,8,11H2,1H3,(H,19,21)/p+1/t15-/m0/s1. The minimum atomic E-state index is -0.289. The highest BCUT2D eigenvalue weighted by atomic mass is 32.1. The highest BCUT2D eigenvalue weighted by Gasteiger charge is 2.32. The van der Waals surface area contributed by atoms with E-state index < -0.39 is 0 Å². The van der Waals surface area contributed by atoms with Gasteiger partial charge < -0.3 is 10.2 Å². The maximum atomic E-state index is 13.5. The minimum absolute atomic E-state index is 0.0540. The van der Waals surface area contributed by atoms with Crippen molar-refractivity contribution in [3.8, 4) is 0 Å². The average molecular weight is 319 g/mol. The van der Waals surface area contributed by atoms with E-state index in [1.807, 2.05) is 0 Å². The summed E-state index contributed by atoms with van der Waals surface area (Å²) in [4.78, 5) is 14.9. The zero-order valence-corrected chi connectivity index (χ0v) is 13.4. The predicted octanol–water partition coefficient (Wildman–Crippen LogP) is 2.55. The van der Waals surface area contributed by atoms with Gasteiger partial charge in [-0.25, -0.2) is 4.39 Å². The van der Waals surface area contributed by atoms with E-state index in [-0.39, 0.29) is 11.7 Å². The molecule has 2 atom stereocenters. The molecule has 1 aromatic heterocycles. The van der Waals surface area contributed by atoms with Gasteiger partial charge in [-0.15, -0.1) is 11.3 Å². The second-order valence-electron chi connectivity index (χ2n) is 5.81. The number of anilines is 1. The number of quaternary nitrogens is 1. The molecule has 2 heterocycles. The van der Waals surface area contributed by atoms with Crippen molar-refractivity contribution in [2.75, 3.05) is 18.4 Å². The molecule has 3 rings (SSSR count). The van der Waals surface area contributed by atoms with Gasteiger partial charge >= 0.3 is 0 Å². The van der Waals surface area contributed by atoms with Gasteiger partial charge in [0.15, 0.2) is 6.54 Å². The monoisotopic (exact) mass is 319 g/mol. The number of hydrogen-bond acceptors (Lipinski definition) is 2. The van der Waals surface area contributed by atoms with Crippen LogP contribution >= 0.6 is 11.3 Å². The minimum Gasteiger partial charge on any atom is -0.321 e. The van der Waals surface area contributed by atoms with Gasteiger partial charge in [0.05, 0.1) is 11.4 Å². The van der Waals surface area contributed by atoms with Crippen molar-refractivity contribution < 1.29 is 14.1 Å². The normalized spacial score (nSPS) is 21.0. The van der Waals surface area contributed by atoms with Gasteiger partial charge in [0.25, 0.3) is 5.91 Å². The number of benzene rings is 1. The Hall–Kier alpha value is -1.72. The first-order valence-corrected chi connectivity index (χ1v) is 8.45. The second-order valence-corrected chi connectivity index (χ2v) is 6.79. The number of carbonyl (C=O) groups is 1. The number of nitrogens with one attached hydrogen (secondary N) is 2. The summed E-state index contributed by atoms with van der Waals surface area (Å²) in [6.07, 6.45) is 2.27. The molecule has 0 radical (unpaired) electrons. The smallest absolute Gasteiger partial charge is 0.279 e. The quantitative estimate of drug-likeness (QED) is 0.892. The molecular formula is C17H20FN2OS+. The van der Waals surface area contributed by atoms with Crippen LogP contribution in [-0.2, 0) is 4.79 Å². The van der Waals surface area contributed by atoms with Crippen molar-refractivity contribution in [1.82, 2.24) is 0 Å². The Morgan fingerprint density at radius 3 is 3.05 bits per heavy atom. The van der Waals surface area contributed by atoms with Crippen LogP contribution in [0.2, 0.25) is 0 Å². The lowest BCUT2D eigenvalue weighted by atomic mass is 10.2. The fourth-order valence-corrected chi connectivity index (χ4v) is 3.96. The molecular weight excluding hydrogens is 299 g/mol. The summed E-state index contributed by atoms with van der Waals surface area (Å²) in [5.41, 5.74) is 1.11. The van der Waals surface area contributed by atoms with Crippen LogP contribution in [-0.4, -0.2) is 19.0 Å². The fourth-order valence-electron chi connectivity index (χ4n) is 3.04. The zero-order chi connectivity index (χ0) is 15.5. The first-order chi connectivity index (χ1) is 10.6. The molecule has 0 saturated carbocycles. The number of carbonyl (C=O) groups excluding carboxylic acids is 1. The van der Waals surface area contributed by atoms with Crippen LogP contribution in [0.15, 0.2) is 35.7 Å². The molecule has 1 unspecified atom stereocenters. The molecule has 1 fully saturated rings. The number of hydrogen-bond donors (Lipinski definition) is 2. The molecule has 1 saturated heterocycles. The summed E-state index contributed by atoms with van der Waals surface area (Å²) in [7, 11) is 0. The number of aryl methyl sites for hydroxylation is 1. The van der Waals surface area contributed by atoms with Gasteiger partial charge in [-0.05, 0) is 36.1 Å². The zero-order valence-electron chi connectivity index (χ0n) is 12.6. The Bertz CT molecular complexity index is 657. The summed E-state index contributed by atoms with van der Waals surface area (Å²) in [5.74, 6) is -0.343. The highest BCUT2D eigenvalue weighted by Crippen LogP contribution is 2.23. The largest absolute Gasteiger partial charge is 0.321 e. The molecule has 1 aliphatic heterocycles. The van der Waals surface area contributed by atoms with Crippen molar-refractivity contribution in [3.05, 3.63) is 52.0 Å². The van der Waals surface area contributed by atoms with E-state index in [1.54, 1.807) is 30.4 Å². The summed E-state index contributed by atoms with van der Waals surface area (Å²) in [6.45, 7) is 3.15. The third-order valence-electron chi connectivity index (χ3n) is 4.21. The number of halogens is 1. The summed E-state index contributed by atoms with van der Waals surface area (Å²) in [6, 6.07) is 9.43. The van der Waals surface area contributed by atoms with Crippen LogP contribution in [0.5, 0.6) is 0 Å². The molecule has 0 aliphatic carbocycles. The van der Waals surface area contributed by atoms with Crippen LogP contribution in [0, 0.1) is 12.7 Å². The van der Waals surface area contributed by atoms with Gasteiger partial charge in [0.1, 0.15) is 11.9 Å². The van der Waals surface area contributed by atoms with E-state index in [0.29, 0.717) is 23.8 Å². The summed E-state index contributed by atoms with van der Waals surface area (Å²) in [5, 5.41) is 4.89. The molecule has 1 amide bonds. The molecule has 2 N–H and O–H groups in total. The maximum absolute atomic E-state index is 13.5. The molecule has 5 heteroatoms. The maximum Gasteiger partial charge on any atom is 0.279 e. The van der Waals surface area contributed by atoms with E-state index >= 15 is 0 Å². The van der Waals surface area contributed by atoms with Crippen molar-refractivity contribution >= 4 is 22.9 Å². The Morgan fingerprint density at radius 1 is 1.45 bits per heavy atom. The lowest BCUT2D eigenvalue weighted by Gasteiger charge is -2.20. The van der Waals surface area contributed by atoms with E-state index in [1.165, 1.54) is 15.8 Å². The Kier molecular flexibility index (Phi) is 4.55. The van der Waals surface area contributed by atoms with Gasteiger partial charge in [-0.1, -0.05) is 12.1 Å². The molecule has 2 aromatic rings. The molecule has 3 nitrogen and oxygen atoms in total. The molecule has 1 aliphatic rings. The van der Waals surface area contributed by atoms with Crippen LogP contribution in [0.4, 0.5) is 10.1 Å². The SMILES string of the molecule is Cc1ccc(NC(=O)C[NH+]2CCC[C@H]2c2cccs2)cc1F. The van der Waals surface area contributed by atoms with Gasteiger partial charge in [-0.2, -0.15) is 0 Å². The van der Waals surface area contributed by atoms with Crippen molar-refractivity contribution in [1.29, 1.82) is 0 Å². The summed E-state index contributed by atoms with van der Waals surface area (Å²) >= 11 is 1.76.